The minimum atomic E-state index is -0.295. The van der Waals surface area contributed by atoms with Crippen molar-refractivity contribution in [1.29, 1.82) is 10.5 Å². The lowest BCUT2D eigenvalue weighted by atomic mass is 10.2. The third kappa shape index (κ3) is 2.30. The summed E-state index contributed by atoms with van der Waals surface area (Å²) >= 11 is 0. The van der Waals surface area contributed by atoms with Crippen LogP contribution < -0.4 is 15.9 Å². The van der Waals surface area contributed by atoms with Crippen molar-refractivity contribution < 1.29 is 4.74 Å². The van der Waals surface area contributed by atoms with Crippen molar-refractivity contribution in [3.8, 4) is 17.9 Å². The monoisotopic (exact) mass is 284 g/mol. The fourth-order valence-corrected chi connectivity index (χ4v) is 2.03. The lowest BCUT2D eigenvalue weighted by Crippen LogP contribution is -2.19. The lowest BCUT2D eigenvalue weighted by molar-refractivity contribution is 0.418. The summed E-state index contributed by atoms with van der Waals surface area (Å²) in [7, 11) is 4.80. The number of aryl methyl sites for hydroxylation is 2. The standard InChI is InChI=1S/C13H12N6O2/c1-18-10-4-8(16-17-9(6-14)7-15)5-11(21-3)12(10)19(2)13(18)20/h4-5,16H,1-3H3. The Morgan fingerprint density at radius 2 is 1.95 bits per heavy atom. The zero-order valence-electron chi connectivity index (χ0n) is 11.7. The SMILES string of the molecule is COc1cc(NN=C(C#N)C#N)cc2c1n(C)c(=O)n2C. The van der Waals surface area contributed by atoms with Gasteiger partial charge in [0.1, 0.15) is 23.4 Å². The molecule has 0 saturated heterocycles. The summed E-state index contributed by atoms with van der Waals surface area (Å²) in [6, 6.07) is 6.62. The summed E-state index contributed by atoms with van der Waals surface area (Å²) in [4.78, 5) is 12.0. The summed E-state index contributed by atoms with van der Waals surface area (Å²) in [6.07, 6.45) is 0. The number of imidazole rings is 1. The topological polar surface area (TPSA) is 108 Å². The number of benzene rings is 1. The van der Waals surface area contributed by atoms with Crippen molar-refractivity contribution in [2.24, 2.45) is 19.2 Å². The van der Waals surface area contributed by atoms with Crippen LogP contribution >= 0.6 is 0 Å². The molecule has 0 aliphatic heterocycles. The quantitative estimate of drug-likeness (QED) is 0.659. The van der Waals surface area contributed by atoms with E-state index in [-0.39, 0.29) is 11.4 Å². The number of methoxy groups -OCH3 is 1. The van der Waals surface area contributed by atoms with Crippen molar-refractivity contribution in [3.63, 3.8) is 0 Å². The molecule has 106 valence electrons. The van der Waals surface area contributed by atoms with E-state index in [4.69, 9.17) is 15.3 Å². The Labute approximate surface area is 120 Å². The van der Waals surface area contributed by atoms with Crippen molar-refractivity contribution >= 4 is 22.4 Å². The molecule has 0 radical (unpaired) electrons. The van der Waals surface area contributed by atoms with Crippen molar-refractivity contribution in [2.75, 3.05) is 12.5 Å². The average Bonchev–Trinajstić information content (AvgIpc) is 2.72. The van der Waals surface area contributed by atoms with Gasteiger partial charge in [-0.25, -0.2) is 4.79 Å². The Hall–Kier alpha value is -3.26. The predicted octanol–water partition coefficient (Wildman–Crippen LogP) is 0.701. The molecule has 0 aliphatic carbocycles. The third-order valence-corrected chi connectivity index (χ3v) is 3.05. The summed E-state index contributed by atoms with van der Waals surface area (Å²) in [5.41, 5.74) is 3.94. The highest BCUT2D eigenvalue weighted by molar-refractivity contribution is 6.10. The van der Waals surface area contributed by atoms with Crippen LogP contribution in [0.4, 0.5) is 5.69 Å². The van der Waals surface area contributed by atoms with Gasteiger partial charge in [0.2, 0.25) is 5.71 Å². The number of nitrogens with one attached hydrogen (secondary N) is 1. The molecule has 0 atom stereocenters. The molecule has 1 heterocycles. The van der Waals surface area contributed by atoms with Gasteiger partial charge in [0.05, 0.1) is 18.3 Å². The summed E-state index contributed by atoms with van der Waals surface area (Å²) < 4.78 is 8.24. The Balaban J connectivity index is 2.62. The predicted molar refractivity (Wildman–Crippen MR) is 77.0 cm³/mol. The molecule has 21 heavy (non-hydrogen) atoms. The number of hydrazone groups is 1. The summed E-state index contributed by atoms with van der Waals surface area (Å²) in [5.74, 6) is 0.487. The largest absolute Gasteiger partial charge is 0.494 e. The first-order valence-corrected chi connectivity index (χ1v) is 5.90. The van der Waals surface area contributed by atoms with Gasteiger partial charge in [-0.15, -0.1) is 0 Å². The van der Waals surface area contributed by atoms with Crippen LogP contribution in [0.15, 0.2) is 22.0 Å². The highest BCUT2D eigenvalue weighted by atomic mass is 16.5. The highest BCUT2D eigenvalue weighted by Gasteiger charge is 2.14. The van der Waals surface area contributed by atoms with Crippen LogP contribution in [0.25, 0.3) is 11.0 Å². The summed E-state index contributed by atoms with van der Waals surface area (Å²) in [6.45, 7) is 0. The molecule has 2 aromatic rings. The Morgan fingerprint density at radius 3 is 2.52 bits per heavy atom. The number of fused-ring (bicyclic) bond motifs is 1. The molecule has 1 aromatic heterocycles. The maximum atomic E-state index is 12.0. The highest BCUT2D eigenvalue weighted by Crippen LogP contribution is 2.28. The molecule has 1 aromatic carbocycles. The Bertz CT molecular complexity index is 859. The molecule has 0 unspecified atom stereocenters. The van der Waals surface area contributed by atoms with Crippen molar-refractivity contribution in [1.82, 2.24) is 9.13 Å². The molecule has 8 heteroatoms. The van der Waals surface area contributed by atoms with E-state index in [0.717, 1.165) is 0 Å². The Kier molecular flexibility index (Phi) is 3.63. The number of nitriles is 2. The number of rotatable bonds is 3. The number of anilines is 1. The number of aromatic nitrogens is 2. The van der Waals surface area contributed by atoms with Gasteiger partial charge < -0.3 is 4.74 Å². The third-order valence-electron chi connectivity index (χ3n) is 3.05. The fraction of sp³-hybridized carbons (Fsp3) is 0.231. The van der Waals surface area contributed by atoms with Crippen LogP contribution in [0.3, 0.4) is 0 Å². The van der Waals surface area contributed by atoms with Crippen LogP contribution in [0.2, 0.25) is 0 Å². The molecule has 8 nitrogen and oxygen atoms in total. The Morgan fingerprint density at radius 1 is 1.29 bits per heavy atom. The number of hydrogen-bond donors (Lipinski definition) is 1. The van der Waals surface area contributed by atoms with E-state index in [2.05, 4.69) is 10.5 Å². The first-order chi connectivity index (χ1) is 10.0. The first-order valence-electron chi connectivity index (χ1n) is 5.90. The van der Waals surface area contributed by atoms with Gasteiger partial charge in [0.15, 0.2) is 0 Å². The van der Waals surface area contributed by atoms with Crippen LogP contribution in [-0.4, -0.2) is 22.0 Å². The van der Waals surface area contributed by atoms with Gasteiger partial charge in [-0.2, -0.15) is 15.6 Å². The molecular formula is C13H12N6O2. The first kappa shape index (κ1) is 14.2. The van der Waals surface area contributed by atoms with Crippen LogP contribution in [0, 0.1) is 22.7 Å². The smallest absolute Gasteiger partial charge is 0.328 e. The van der Waals surface area contributed by atoms with E-state index >= 15 is 0 Å². The van der Waals surface area contributed by atoms with E-state index in [9.17, 15) is 4.79 Å². The number of hydrogen-bond acceptors (Lipinski definition) is 6. The van der Waals surface area contributed by atoms with Gasteiger partial charge in [-0.05, 0) is 6.07 Å². The molecule has 0 amide bonds. The fourth-order valence-electron chi connectivity index (χ4n) is 2.03. The van der Waals surface area contributed by atoms with Gasteiger partial charge in [-0.1, -0.05) is 0 Å². The van der Waals surface area contributed by atoms with Crippen LogP contribution in [0.1, 0.15) is 0 Å². The van der Waals surface area contributed by atoms with E-state index in [1.807, 2.05) is 0 Å². The zero-order valence-corrected chi connectivity index (χ0v) is 11.7. The molecule has 0 fully saturated rings. The van der Waals surface area contributed by atoms with Crippen molar-refractivity contribution in [2.45, 2.75) is 0 Å². The molecule has 0 bridgehead atoms. The van der Waals surface area contributed by atoms with E-state index in [0.29, 0.717) is 22.5 Å². The second kappa shape index (κ2) is 5.39. The van der Waals surface area contributed by atoms with Crippen LogP contribution in [-0.2, 0) is 14.1 Å². The van der Waals surface area contributed by atoms with Gasteiger partial charge in [0.25, 0.3) is 0 Å². The normalized spacial score (nSPS) is 9.76. The van der Waals surface area contributed by atoms with Gasteiger partial charge in [-0.3, -0.25) is 14.6 Å². The average molecular weight is 284 g/mol. The van der Waals surface area contributed by atoms with Gasteiger partial charge >= 0.3 is 5.69 Å². The maximum Gasteiger partial charge on any atom is 0.328 e. The van der Waals surface area contributed by atoms with Crippen molar-refractivity contribution in [3.05, 3.63) is 22.6 Å². The lowest BCUT2D eigenvalue weighted by Gasteiger charge is -2.07. The minimum absolute atomic E-state index is 0.182. The second-order valence-electron chi connectivity index (χ2n) is 4.24. The number of nitrogens with zero attached hydrogens (tertiary/aromatic N) is 5. The molecule has 0 saturated carbocycles. The molecule has 2 rings (SSSR count). The zero-order chi connectivity index (χ0) is 15.6. The van der Waals surface area contributed by atoms with Gasteiger partial charge in [0, 0.05) is 20.2 Å². The van der Waals surface area contributed by atoms with E-state index in [1.165, 1.54) is 16.2 Å². The molecule has 1 N–H and O–H groups in total. The van der Waals surface area contributed by atoms with E-state index < -0.39 is 0 Å². The molecule has 0 aliphatic rings. The second-order valence-corrected chi connectivity index (χ2v) is 4.24. The maximum absolute atomic E-state index is 12.0. The molecule has 0 spiro atoms. The van der Waals surface area contributed by atoms with E-state index in [1.54, 1.807) is 38.4 Å². The summed E-state index contributed by atoms with van der Waals surface area (Å²) in [5, 5.41) is 21.0. The van der Waals surface area contributed by atoms with Crippen LogP contribution in [0.5, 0.6) is 5.75 Å². The minimum Gasteiger partial charge on any atom is -0.494 e. The molecular weight excluding hydrogens is 272 g/mol. The number of ether oxygens (including phenoxy) is 1.